The summed E-state index contributed by atoms with van der Waals surface area (Å²) in [6.07, 6.45) is 9.31. The fourth-order valence-corrected chi connectivity index (χ4v) is 7.55. The first-order chi connectivity index (χ1) is 18.8. The van der Waals surface area contributed by atoms with E-state index in [1.807, 2.05) is 6.08 Å². The zero-order chi connectivity index (χ0) is 28.9. The van der Waals surface area contributed by atoms with E-state index in [2.05, 4.69) is 15.3 Å². The SMILES string of the molecule is CC1=CC(c2cc(CS(C)(=O)=O)ccc2Nc2ccc(Cl)cn2)=CCC1(C)S(=O)(=O)n1ccc2cc[nH]c(=O)c21. The van der Waals surface area contributed by atoms with Crippen LogP contribution in [0.4, 0.5) is 11.5 Å². The lowest BCUT2D eigenvalue weighted by Gasteiger charge is -2.33. The molecule has 208 valence electrons. The normalized spacial score (nSPS) is 17.9. The minimum Gasteiger partial charge on any atom is -0.340 e. The van der Waals surface area contributed by atoms with Crippen LogP contribution in [0.2, 0.25) is 5.02 Å². The highest BCUT2D eigenvalue weighted by Gasteiger charge is 2.43. The molecule has 1 aromatic carbocycles. The molecule has 0 bridgehead atoms. The van der Waals surface area contributed by atoms with E-state index in [0.717, 1.165) is 9.55 Å². The van der Waals surface area contributed by atoms with Crippen molar-refractivity contribution in [3.8, 4) is 0 Å². The molecule has 1 aliphatic carbocycles. The summed E-state index contributed by atoms with van der Waals surface area (Å²) < 4.78 is 51.7. The molecule has 3 heterocycles. The van der Waals surface area contributed by atoms with Crippen LogP contribution < -0.4 is 10.9 Å². The molecule has 12 heteroatoms. The second-order valence-corrected chi connectivity index (χ2v) is 14.9. The topological polar surface area (TPSA) is 131 Å². The molecule has 0 fully saturated rings. The molecule has 3 aromatic heterocycles. The molecule has 0 amide bonds. The number of aromatic amines is 1. The molecule has 5 rings (SSSR count). The first-order valence-electron chi connectivity index (χ1n) is 12.3. The van der Waals surface area contributed by atoms with Crippen molar-refractivity contribution in [3.05, 3.63) is 105 Å². The van der Waals surface area contributed by atoms with Gasteiger partial charge in [0.1, 0.15) is 16.1 Å². The van der Waals surface area contributed by atoms with E-state index >= 15 is 0 Å². The number of rotatable bonds is 7. The maximum absolute atomic E-state index is 14.0. The molecule has 9 nitrogen and oxygen atoms in total. The van der Waals surface area contributed by atoms with Gasteiger partial charge in [0.25, 0.3) is 5.56 Å². The van der Waals surface area contributed by atoms with Gasteiger partial charge in [0.05, 0.1) is 10.8 Å². The maximum atomic E-state index is 14.0. The first kappa shape index (κ1) is 27.9. The summed E-state index contributed by atoms with van der Waals surface area (Å²) >= 11 is 5.97. The number of nitrogens with zero attached hydrogens (tertiary/aromatic N) is 2. The van der Waals surface area contributed by atoms with Crippen molar-refractivity contribution in [3.63, 3.8) is 0 Å². The largest absolute Gasteiger partial charge is 0.340 e. The molecule has 0 saturated heterocycles. The molecule has 1 unspecified atom stereocenters. The maximum Gasteiger partial charge on any atom is 0.273 e. The second kappa shape index (κ2) is 10.1. The Kier molecular flexibility index (Phi) is 7.01. The van der Waals surface area contributed by atoms with Crippen LogP contribution in [0.3, 0.4) is 0 Å². The van der Waals surface area contributed by atoms with E-state index in [1.165, 1.54) is 24.8 Å². The zero-order valence-electron chi connectivity index (χ0n) is 22.0. The summed E-state index contributed by atoms with van der Waals surface area (Å²) in [5.41, 5.74) is 2.84. The number of benzene rings is 1. The lowest BCUT2D eigenvalue weighted by molar-refractivity contribution is 0.547. The Morgan fingerprint density at radius 2 is 1.90 bits per heavy atom. The highest BCUT2D eigenvalue weighted by molar-refractivity contribution is 7.91. The van der Waals surface area contributed by atoms with Crippen molar-refractivity contribution in [2.75, 3.05) is 11.6 Å². The van der Waals surface area contributed by atoms with Crippen LogP contribution in [0.15, 0.2) is 83.6 Å². The fraction of sp³-hybridized carbons (Fsp3) is 0.214. The summed E-state index contributed by atoms with van der Waals surface area (Å²) in [6.45, 7) is 3.38. The number of allylic oxidation sites excluding steroid dienone is 3. The average Bonchev–Trinajstić information content (AvgIpc) is 3.33. The molecular formula is C28H27ClN4O5S2. The van der Waals surface area contributed by atoms with Crippen LogP contribution in [-0.4, -0.2) is 41.8 Å². The van der Waals surface area contributed by atoms with Crippen LogP contribution in [0, 0.1) is 0 Å². The van der Waals surface area contributed by atoms with E-state index in [-0.39, 0.29) is 17.7 Å². The Bertz CT molecular complexity index is 1970. The van der Waals surface area contributed by atoms with Crippen LogP contribution in [-0.2, 0) is 25.6 Å². The summed E-state index contributed by atoms with van der Waals surface area (Å²) in [5, 5.41) is 4.27. The molecule has 2 N–H and O–H groups in total. The van der Waals surface area contributed by atoms with Gasteiger partial charge in [0, 0.05) is 41.5 Å². The van der Waals surface area contributed by atoms with Crippen molar-refractivity contribution >= 4 is 59.4 Å². The number of hydrogen-bond donors (Lipinski definition) is 2. The van der Waals surface area contributed by atoms with Gasteiger partial charge in [0.15, 0.2) is 9.84 Å². The standard InChI is InChI=1S/C28H27ClN4O5S2/c1-18-14-21(8-11-28(18,2)40(37,38)33-13-10-20-9-12-30-27(34)26(20)33)23-15-19(17-39(3,35)36)4-6-24(23)32-25-7-5-22(29)16-31-25/h4-10,12-16H,11,17H2,1-3H3,(H,30,34)(H,31,32). The Morgan fingerprint density at radius 3 is 2.58 bits per heavy atom. The first-order valence-corrected chi connectivity index (χ1v) is 16.2. The fourth-order valence-electron chi connectivity index (χ4n) is 4.81. The van der Waals surface area contributed by atoms with E-state index < -0.39 is 30.2 Å². The van der Waals surface area contributed by atoms with Gasteiger partial charge in [-0.2, -0.15) is 0 Å². The minimum absolute atomic E-state index is 0.0710. The van der Waals surface area contributed by atoms with Gasteiger partial charge in [-0.15, -0.1) is 0 Å². The number of hydrogen-bond acceptors (Lipinski definition) is 7. The van der Waals surface area contributed by atoms with Gasteiger partial charge in [0.2, 0.25) is 10.0 Å². The molecule has 0 aliphatic heterocycles. The van der Waals surface area contributed by atoms with Crippen LogP contribution in [0.5, 0.6) is 0 Å². The molecular weight excluding hydrogens is 572 g/mol. The average molecular weight is 599 g/mol. The van der Waals surface area contributed by atoms with Gasteiger partial charge in [-0.25, -0.2) is 25.8 Å². The van der Waals surface area contributed by atoms with Crippen molar-refractivity contribution in [2.45, 2.75) is 30.8 Å². The Balaban J connectivity index is 1.57. The monoisotopic (exact) mass is 598 g/mol. The van der Waals surface area contributed by atoms with Crippen LogP contribution >= 0.6 is 11.6 Å². The second-order valence-electron chi connectivity index (χ2n) is 10.1. The summed E-state index contributed by atoms with van der Waals surface area (Å²) in [5.74, 6) is 0.396. The smallest absolute Gasteiger partial charge is 0.273 e. The van der Waals surface area contributed by atoms with Gasteiger partial charge >= 0.3 is 0 Å². The van der Waals surface area contributed by atoms with Crippen LogP contribution in [0.25, 0.3) is 16.5 Å². The van der Waals surface area contributed by atoms with E-state index in [9.17, 15) is 21.6 Å². The quantitative estimate of drug-likeness (QED) is 0.305. The Morgan fingerprint density at radius 1 is 1.12 bits per heavy atom. The van der Waals surface area contributed by atoms with Crippen LogP contribution in [0.1, 0.15) is 31.4 Å². The Labute approximate surface area is 237 Å². The third-order valence-corrected chi connectivity index (χ3v) is 10.7. The molecule has 0 radical (unpaired) electrons. The number of pyridine rings is 2. The predicted molar refractivity (Wildman–Crippen MR) is 159 cm³/mol. The minimum atomic E-state index is -4.05. The van der Waals surface area contributed by atoms with Gasteiger partial charge in [-0.3, -0.25) is 4.79 Å². The highest BCUT2D eigenvalue weighted by atomic mass is 35.5. The lowest BCUT2D eigenvalue weighted by Crippen LogP contribution is -2.41. The number of fused-ring (bicyclic) bond motifs is 1. The van der Waals surface area contributed by atoms with E-state index in [0.29, 0.717) is 38.6 Å². The van der Waals surface area contributed by atoms with E-state index in [1.54, 1.807) is 62.4 Å². The third kappa shape index (κ3) is 5.12. The van der Waals surface area contributed by atoms with Gasteiger partial charge in [-0.05, 0) is 73.4 Å². The summed E-state index contributed by atoms with van der Waals surface area (Å²) in [7, 11) is -7.34. The van der Waals surface area contributed by atoms with Crippen molar-refractivity contribution in [1.29, 1.82) is 0 Å². The molecule has 0 spiro atoms. The Hall–Kier alpha value is -3.67. The predicted octanol–water partition coefficient (Wildman–Crippen LogP) is 5.04. The number of anilines is 2. The number of aromatic nitrogens is 3. The number of halogens is 1. The molecule has 1 atom stereocenters. The number of sulfone groups is 1. The number of H-pyrrole nitrogens is 1. The molecule has 40 heavy (non-hydrogen) atoms. The van der Waals surface area contributed by atoms with Gasteiger partial charge < -0.3 is 10.3 Å². The van der Waals surface area contributed by atoms with Crippen molar-refractivity contribution in [2.24, 2.45) is 0 Å². The molecule has 1 aliphatic rings. The molecule has 4 aromatic rings. The lowest BCUT2D eigenvalue weighted by atomic mass is 9.86. The van der Waals surface area contributed by atoms with Crippen molar-refractivity contribution in [1.82, 2.24) is 13.9 Å². The zero-order valence-corrected chi connectivity index (χ0v) is 24.4. The van der Waals surface area contributed by atoms with Crippen molar-refractivity contribution < 1.29 is 16.8 Å². The summed E-state index contributed by atoms with van der Waals surface area (Å²) in [4.78, 5) is 19.4. The van der Waals surface area contributed by atoms with E-state index in [4.69, 9.17) is 11.6 Å². The highest BCUT2D eigenvalue weighted by Crippen LogP contribution is 2.41. The number of nitrogens with one attached hydrogen (secondary N) is 2. The van der Waals surface area contributed by atoms with Gasteiger partial charge in [-0.1, -0.05) is 29.8 Å². The molecule has 0 saturated carbocycles. The summed E-state index contributed by atoms with van der Waals surface area (Å²) in [6, 6.07) is 12.0. The third-order valence-electron chi connectivity index (χ3n) is 7.14.